The first-order valence-electron chi connectivity index (χ1n) is 6.06. The lowest BCUT2D eigenvalue weighted by Crippen LogP contribution is -2.37. The van der Waals surface area contributed by atoms with Crippen LogP contribution in [-0.2, 0) is 0 Å². The van der Waals surface area contributed by atoms with E-state index in [1.165, 1.54) is 0 Å². The van der Waals surface area contributed by atoms with E-state index in [0.29, 0.717) is 0 Å². The van der Waals surface area contributed by atoms with E-state index in [0.717, 1.165) is 43.1 Å². The smallest absolute Gasteiger partial charge is 0.253 e. The molecule has 1 fully saturated rings. The number of nitrogens with two attached hydrogens (primary N) is 1. The molecule has 1 aliphatic heterocycles. The Morgan fingerprint density at radius 1 is 1.29 bits per heavy atom. The third-order valence-electron chi connectivity index (χ3n) is 3.37. The molecule has 4 nitrogen and oxygen atoms in total. The van der Waals surface area contributed by atoms with Gasteiger partial charge in [0.25, 0.3) is 5.91 Å². The molecule has 0 saturated carbocycles. The van der Waals surface area contributed by atoms with Crippen molar-refractivity contribution in [2.75, 3.05) is 18.5 Å². The number of anilines is 1. The molecule has 0 radical (unpaired) electrons. The number of hydrazine groups is 1. The standard InChI is InChI=1S/C13H19N3O/c1-10-6-8-16(9-7-10)13(17)11-2-4-12(15-14)5-3-11/h2-5,10,15H,6-9,14H2,1H3. The Bertz CT molecular complexity index is 380. The Hall–Kier alpha value is -1.55. The van der Waals surface area contributed by atoms with Crippen LogP contribution in [0.3, 0.4) is 0 Å². The molecule has 3 N–H and O–H groups in total. The maximum absolute atomic E-state index is 12.2. The Labute approximate surface area is 102 Å². The summed E-state index contributed by atoms with van der Waals surface area (Å²) in [4.78, 5) is 14.1. The maximum atomic E-state index is 12.2. The van der Waals surface area contributed by atoms with Crippen molar-refractivity contribution in [1.82, 2.24) is 4.90 Å². The van der Waals surface area contributed by atoms with E-state index in [-0.39, 0.29) is 5.91 Å². The molecular formula is C13H19N3O. The summed E-state index contributed by atoms with van der Waals surface area (Å²) in [7, 11) is 0. The maximum Gasteiger partial charge on any atom is 0.253 e. The second-order valence-corrected chi connectivity index (χ2v) is 4.70. The topological polar surface area (TPSA) is 58.4 Å². The fourth-order valence-corrected chi connectivity index (χ4v) is 2.10. The van der Waals surface area contributed by atoms with Crippen molar-refractivity contribution in [3.63, 3.8) is 0 Å². The molecule has 1 aromatic carbocycles. The van der Waals surface area contributed by atoms with Crippen LogP contribution < -0.4 is 11.3 Å². The van der Waals surface area contributed by atoms with E-state index in [2.05, 4.69) is 12.3 Å². The molecule has 0 aliphatic carbocycles. The summed E-state index contributed by atoms with van der Waals surface area (Å²) in [5.74, 6) is 6.15. The number of nitrogens with zero attached hydrogens (tertiary/aromatic N) is 1. The number of carbonyl (C=O) groups excluding carboxylic acids is 1. The minimum Gasteiger partial charge on any atom is -0.339 e. The number of piperidine rings is 1. The zero-order chi connectivity index (χ0) is 12.3. The minimum absolute atomic E-state index is 0.125. The van der Waals surface area contributed by atoms with Crippen molar-refractivity contribution in [3.8, 4) is 0 Å². The van der Waals surface area contributed by atoms with Gasteiger partial charge >= 0.3 is 0 Å². The highest BCUT2D eigenvalue weighted by molar-refractivity contribution is 5.94. The second kappa shape index (κ2) is 5.19. The van der Waals surface area contributed by atoms with Gasteiger partial charge in [-0.05, 0) is 43.0 Å². The van der Waals surface area contributed by atoms with Gasteiger partial charge in [-0.1, -0.05) is 6.92 Å². The van der Waals surface area contributed by atoms with Gasteiger partial charge in [0, 0.05) is 24.3 Å². The Balaban J connectivity index is 2.03. The molecule has 0 bridgehead atoms. The van der Waals surface area contributed by atoms with Crippen LogP contribution in [0.1, 0.15) is 30.1 Å². The number of rotatable bonds is 2. The molecule has 0 spiro atoms. The molecule has 2 rings (SSSR count). The number of likely N-dealkylation sites (tertiary alicyclic amines) is 1. The molecule has 0 unspecified atom stereocenters. The first-order valence-corrected chi connectivity index (χ1v) is 6.06. The summed E-state index contributed by atoms with van der Waals surface area (Å²) >= 11 is 0. The van der Waals surface area contributed by atoms with Gasteiger partial charge in [-0.3, -0.25) is 10.6 Å². The fourth-order valence-electron chi connectivity index (χ4n) is 2.10. The monoisotopic (exact) mass is 233 g/mol. The molecule has 0 aromatic heterocycles. The number of hydrogen-bond donors (Lipinski definition) is 2. The van der Waals surface area contributed by atoms with Crippen molar-refractivity contribution in [3.05, 3.63) is 29.8 Å². The van der Waals surface area contributed by atoms with Gasteiger partial charge in [-0.2, -0.15) is 0 Å². The Morgan fingerprint density at radius 2 is 1.88 bits per heavy atom. The number of benzene rings is 1. The molecule has 0 atom stereocenters. The zero-order valence-corrected chi connectivity index (χ0v) is 10.1. The summed E-state index contributed by atoms with van der Waals surface area (Å²) in [6.45, 7) is 3.98. The van der Waals surface area contributed by atoms with E-state index in [9.17, 15) is 4.79 Å². The van der Waals surface area contributed by atoms with Crippen LogP contribution in [0.15, 0.2) is 24.3 Å². The van der Waals surface area contributed by atoms with Crippen molar-refractivity contribution in [2.45, 2.75) is 19.8 Å². The fraction of sp³-hybridized carbons (Fsp3) is 0.462. The molecule has 17 heavy (non-hydrogen) atoms. The zero-order valence-electron chi connectivity index (χ0n) is 10.1. The lowest BCUT2D eigenvalue weighted by Gasteiger charge is -2.30. The molecule has 1 aliphatic rings. The van der Waals surface area contributed by atoms with E-state index in [1.807, 2.05) is 29.2 Å². The second-order valence-electron chi connectivity index (χ2n) is 4.70. The third kappa shape index (κ3) is 2.77. The average Bonchev–Trinajstić information content (AvgIpc) is 2.39. The summed E-state index contributed by atoms with van der Waals surface area (Å²) in [6, 6.07) is 7.27. The average molecular weight is 233 g/mol. The first kappa shape index (κ1) is 11.9. The SMILES string of the molecule is CC1CCN(C(=O)c2ccc(NN)cc2)CC1. The molecule has 92 valence electrons. The number of amides is 1. The summed E-state index contributed by atoms with van der Waals surface area (Å²) in [6.07, 6.45) is 2.21. The lowest BCUT2D eigenvalue weighted by molar-refractivity contribution is 0.0697. The van der Waals surface area contributed by atoms with E-state index in [1.54, 1.807) is 0 Å². The van der Waals surface area contributed by atoms with Gasteiger partial charge in [0.1, 0.15) is 0 Å². The largest absolute Gasteiger partial charge is 0.339 e. The van der Waals surface area contributed by atoms with Crippen LogP contribution in [0.4, 0.5) is 5.69 Å². The lowest BCUT2D eigenvalue weighted by atomic mass is 9.98. The predicted octanol–water partition coefficient (Wildman–Crippen LogP) is 1.84. The molecule has 1 aromatic rings. The Morgan fingerprint density at radius 3 is 2.41 bits per heavy atom. The number of carbonyl (C=O) groups is 1. The summed E-state index contributed by atoms with van der Waals surface area (Å²) < 4.78 is 0. The van der Waals surface area contributed by atoms with Gasteiger partial charge in [-0.25, -0.2) is 0 Å². The third-order valence-corrected chi connectivity index (χ3v) is 3.37. The van der Waals surface area contributed by atoms with Crippen LogP contribution >= 0.6 is 0 Å². The van der Waals surface area contributed by atoms with Crippen molar-refractivity contribution >= 4 is 11.6 Å². The molecule has 1 heterocycles. The van der Waals surface area contributed by atoms with E-state index < -0.39 is 0 Å². The van der Waals surface area contributed by atoms with Crippen LogP contribution in [0, 0.1) is 5.92 Å². The highest BCUT2D eigenvalue weighted by atomic mass is 16.2. The highest BCUT2D eigenvalue weighted by Gasteiger charge is 2.21. The van der Waals surface area contributed by atoms with Gasteiger partial charge in [0.2, 0.25) is 0 Å². The van der Waals surface area contributed by atoms with Gasteiger partial charge in [-0.15, -0.1) is 0 Å². The predicted molar refractivity (Wildman–Crippen MR) is 68.6 cm³/mol. The van der Waals surface area contributed by atoms with Crippen LogP contribution in [0.2, 0.25) is 0 Å². The van der Waals surface area contributed by atoms with Crippen molar-refractivity contribution in [2.24, 2.45) is 11.8 Å². The molecule has 1 amide bonds. The quantitative estimate of drug-likeness (QED) is 0.605. The number of nitrogens with one attached hydrogen (secondary N) is 1. The summed E-state index contributed by atoms with van der Waals surface area (Å²) in [5, 5.41) is 0. The Kier molecular flexibility index (Phi) is 3.64. The molecular weight excluding hydrogens is 214 g/mol. The molecule has 1 saturated heterocycles. The van der Waals surface area contributed by atoms with Crippen LogP contribution in [-0.4, -0.2) is 23.9 Å². The summed E-state index contributed by atoms with van der Waals surface area (Å²) in [5.41, 5.74) is 4.10. The first-order chi connectivity index (χ1) is 8.20. The van der Waals surface area contributed by atoms with E-state index >= 15 is 0 Å². The molecule has 4 heteroatoms. The highest BCUT2D eigenvalue weighted by Crippen LogP contribution is 2.18. The van der Waals surface area contributed by atoms with E-state index in [4.69, 9.17) is 5.84 Å². The number of hydrogen-bond acceptors (Lipinski definition) is 3. The minimum atomic E-state index is 0.125. The van der Waals surface area contributed by atoms with Gasteiger partial charge in [0.15, 0.2) is 0 Å². The van der Waals surface area contributed by atoms with Crippen molar-refractivity contribution < 1.29 is 4.79 Å². The van der Waals surface area contributed by atoms with Gasteiger partial charge < -0.3 is 10.3 Å². The van der Waals surface area contributed by atoms with Crippen LogP contribution in [0.25, 0.3) is 0 Å². The number of nitrogen functional groups attached to an aromatic ring is 1. The van der Waals surface area contributed by atoms with Gasteiger partial charge in [0.05, 0.1) is 0 Å². The van der Waals surface area contributed by atoms with Crippen LogP contribution in [0.5, 0.6) is 0 Å². The normalized spacial score (nSPS) is 16.9. The van der Waals surface area contributed by atoms with Crippen molar-refractivity contribution in [1.29, 1.82) is 0 Å².